The molecule has 1 N–H and O–H groups in total. The summed E-state index contributed by atoms with van der Waals surface area (Å²) in [6.45, 7) is 1.58. The van der Waals surface area contributed by atoms with Crippen LogP contribution < -0.4 is 14.8 Å². The van der Waals surface area contributed by atoms with Crippen molar-refractivity contribution in [1.29, 1.82) is 0 Å². The molecule has 0 saturated heterocycles. The number of rotatable bonds is 11. The molecule has 0 aliphatic rings. The number of carbonyl (C=O) groups excluding carboxylic acids is 1. The van der Waals surface area contributed by atoms with E-state index in [1.54, 1.807) is 42.5 Å². The molecule has 1 amide bonds. The van der Waals surface area contributed by atoms with Crippen LogP contribution in [0.15, 0.2) is 108 Å². The van der Waals surface area contributed by atoms with Crippen LogP contribution in [0.1, 0.15) is 11.1 Å². The highest BCUT2D eigenvalue weighted by molar-refractivity contribution is 7.89. The van der Waals surface area contributed by atoms with Crippen molar-refractivity contribution in [2.24, 2.45) is 0 Å². The number of nitrogens with zero attached hydrogens (tertiary/aromatic N) is 1. The van der Waals surface area contributed by atoms with Crippen molar-refractivity contribution < 1.29 is 22.7 Å². The highest BCUT2D eigenvalue weighted by Crippen LogP contribution is 2.28. The maximum Gasteiger partial charge on any atom is 0.247 e. The maximum atomic E-state index is 13.7. The molecule has 8 heteroatoms. The lowest BCUT2D eigenvalue weighted by Gasteiger charge is -2.23. The van der Waals surface area contributed by atoms with Crippen molar-refractivity contribution in [3.63, 3.8) is 0 Å². The summed E-state index contributed by atoms with van der Waals surface area (Å²) >= 11 is 0. The Morgan fingerprint density at radius 2 is 1.47 bits per heavy atom. The molecule has 0 saturated carbocycles. The molecule has 38 heavy (non-hydrogen) atoms. The average Bonchev–Trinajstić information content (AvgIpc) is 2.93. The third-order valence-corrected chi connectivity index (χ3v) is 7.73. The maximum absolute atomic E-state index is 13.7. The second kappa shape index (κ2) is 12.4. The number of benzene rings is 4. The van der Waals surface area contributed by atoms with Gasteiger partial charge in [0.15, 0.2) is 0 Å². The summed E-state index contributed by atoms with van der Waals surface area (Å²) in [5.74, 6) is 1.10. The summed E-state index contributed by atoms with van der Waals surface area (Å²) in [6.07, 6.45) is 0.451. The molecule has 196 valence electrons. The van der Waals surface area contributed by atoms with Crippen LogP contribution in [-0.2, 0) is 21.2 Å². The van der Waals surface area contributed by atoms with E-state index in [4.69, 9.17) is 9.47 Å². The largest absolute Gasteiger partial charge is 0.495 e. The molecule has 0 fully saturated rings. The van der Waals surface area contributed by atoms with Gasteiger partial charge in [0.1, 0.15) is 22.1 Å². The van der Waals surface area contributed by atoms with Gasteiger partial charge in [-0.15, -0.1) is 0 Å². The van der Waals surface area contributed by atoms with Crippen molar-refractivity contribution in [1.82, 2.24) is 4.31 Å². The van der Waals surface area contributed by atoms with E-state index in [2.05, 4.69) is 5.32 Å². The quantitative estimate of drug-likeness (QED) is 0.270. The summed E-state index contributed by atoms with van der Waals surface area (Å²) in [7, 11) is -2.61. The van der Waals surface area contributed by atoms with E-state index in [1.165, 1.54) is 11.4 Å². The molecule has 0 heterocycles. The van der Waals surface area contributed by atoms with Crippen molar-refractivity contribution in [3.8, 4) is 17.2 Å². The average molecular weight is 531 g/mol. The van der Waals surface area contributed by atoms with E-state index in [-0.39, 0.29) is 23.7 Å². The molecule has 0 spiro atoms. The molecule has 0 bridgehead atoms. The number of hydrogen-bond donors (Lipinski definition) is 1. The summed E-state index contributed by atoms with van der Waals surface area (Å²) in [5.41, 5.74) is 2.27. The van der Waals surface area contributed by atoms with Gasteiger partial charge in [0.2, 0.25) is 15.9 Å². The zero-order valence-electron chi connectivity index (χ0n) is 21.3. The van der Waals surface area contributed by atoms with Gasteiger partial charge in [0.25, 0.3) is 0 Å². The lowest BCUT2D eigenvalue weighted by molar-refractivity contribution is -0.116. The Hall–Kier alpha value is -4.14. The molecule has 0 aliphatic heterocycles. The lowest BCUT2D eigenvalue weighted by atomic mass is 10.1. The lowest BCUT2D eigenvalue weighted by Crippen LogP contribution is -2.39. The summed E-state index contributed by atoms with van der Waals surface area (Å²) in [4.78, 5) is 13.1. The monoisotopic (exact) mass is 530 g/mol. The van der Waals surface area contributed by atoms with Gasteiger partial charge in [0, 0.05) is 12.2 Å². The van der Waals surface area contributed by atoms with Crippen LogP contribution in [0.4, 0.5) is 5.69 Å². The number of aryl methyl sites for hydroxylation is 1. The molecule has 0 unspecified atom stereocenters. The standard InChI is InChI=1S/C30H30N2O5S/c1-23-13-18-28(36-2)29(21-23)38(34,35)32(20-19-24-9-5-3-6-10-24)22-30(33)31-25-14-16-27(17-15-25)37-26-11-7-4-8-12-26/h3-18,21H,19-20,22H2,1-2H3,(H,31,33). The van der Waals surface area contributed by atoms with Crippen LogP contribution >= 0.6 is 0 Å². The van der Waals surface area contributed by atoms with Crippen LogP contribution in [-0.4, -0.2) is 38.8 Å². The summed E-state index contributed by atoms with van der Waals surface area (Å²) < 4.78 is 39.8. The third-order valence-electron chi connectivity index (χ3n) is 5.87. The molecule has 4 rings (SSSR count). The molecular weight excluding hydrogens is 500 g/mol. The first-order chi connectivity index (χ1) is 18.3. The molecule has 0 atom stereocenters. The first kappa shape index (κ1) is 26.9. The van der Waals surface area contributed by atoms with Crippen LogP contribution in [0, 0.1) is 6.92 Å². The topological polar surface area (TPSA) is 84.9 Å². The van der Waals surface area contributed by atoms with E-state index in [9.17, 15) is 13.2 Å². The van der Waals surface area contributed by atoms with E-state index in [1.807, 2.05) is 67.6 Å². The fraction of sp³-hybridized carbons (Fsp3) is 0.167. The minimum atomic E-state index is -4.04. The van der Waals surface area contributed by atoms with E-state index >= 15 is 0 Å². The molecule has 0 radical (unpaired) electrons. The molecule has 4 aromatic rings. The van der Waals surface area contributed by atoms with Crippen LogP contribution in [0.3, 0.4) is 0 Å². The number of sulfonamides is 1. The normalized spacial score (nSPS) is 11.2. The van der Waals surface area contributed by atoms with Crippen molar-refractivity contribution in [2.45, 2.75) is 18.2 Å². The van der Waals surface area contributed by atoms with Crippen LogP contribution in [0.5, 0.6) is 17.2 Å². The zero-order chi connectivity index (χ0) is 27.0. The Morgan fingerprint density at radius 3 is 2.13 bits per heavy atom. The first-order valence-electron chi connectivity index (χ1n) is 12.2. The number of anilines is 1. The predicted molar refractivity (Wildman–Crippen MR) is 148 cm³/mol. The van der Waals surface area contributed by atoms with Gasteiger partial charge >= 0.3 is 0 Å². The second-order valence-electron chi connectivity index (χ2n) is 8.72. The molecule has 0 aliphatic carbocycles. The summed E-state index contributed by atoms with van der Waals surface area (Å²) in [5, 5.41) is 2.79. The van der Waals surface area contributed by atoms with Crippen molar-refractivity contribution in [2.75, 3.05) is 25.5 Å². The highest BCUT2D eigenvalue weighted by atomic mass is 32.2. The number of hydrogen-bond acceptors (Lipinski definition) is 5. The Morgan fingerprint density at radius 1 is 0.842 bits per heavy atom. The van der Waals surface area contributed by atoms with E-state index in [0.717, 1.165) is 11.1 Å². The SMILES string of the molecule is COc1ccc(C)cc1S(=O)(=O)N(CCc1ccccc1)CC(=O)Nc1ccc(Oc2ccccc2)cc1. The Labute approximate surface area is 223 Å². The minimum Gasteiger partial charge on any atom is -0.495 e. The van der Waals surface area contributed by atoms with Crippen molar-refractivity contribution in [3.05, 3.63) is 114 Å². The molecule has 4 aromatic carbocycles. The van der Waals surface area contributed by atoms with Crippen molar-refractivity contribution >= 4 is 21.6 Å². The third kappa shape index (κ3) is 7.00. The number of amides is 1. The number of para-hydroxylation sites is 1. The van der Waals surface area contributed by atoms with E-state index < -0.39 is 15.9 Å². The fourth-order valence-electron chi connectivity index (χ4n) is 3.90. The van der Waals surface area contributed by atoms with Gasteiger partial charge in [-0.2, -0.15) is 4.31 Å². The van der Waals surface area contributed by atoms with Gasteiger partial charge in [-0.05, 0) is 73.0 Å². The predicted octanol–water partition coefficient (Wildman–Crippen LogP) is 5.67. The second-order valence-corrected chi connectivity index (χ2v) is 10.6. The van der Waals surface area contributed by atoms with Gasteiger partial charge in [-0.3, -0.25) is 4.79 Å². The summed E-state index contributed by atoms with van der Waals surface area (Å²) in [6, 6.07) is 30.8. The Bertz CT molecular complexity index is 1460. The van der Waals surface area contributed by atoms with Crippen LogP contribution in [0.25, 0.3) is 0 Å². The van der Waals surface area contributed by atoms with E-state index in [0.29, 0.717) is 23.6 Å². The zero-order valence-corrected chi connectivity index (χ0v) is 22.1. The number of methoxy groups -OCH3 is 1. The smallest absolute Gasteiger partial charge is 0.247 e. The highest BCUT2D eigenvalue weighted by Gasteiger charge is 2.29. The minimum absolute atomic E-state index is 0.0308. The van der Waals surface area contributed by atoms with Gasteiger partial charge in [-0.25, -0.2) is 8.42 Å². The van der Waals surface area contributed by atoms with Crippen LogP contribution in [0.2, 0.25) is 0 Å². The Balaban J connectivity index is 1.51. The molecule has 7 nitrogen and oxygen atoms in total. The number of ether oxygens (including phenoxy) is 2. The molecule has 0 aromatic heterocycles. The van der Waals surface area contributed by atoms with Gasteiger partial charge in [0.05, 0.1) is 13.7 Å². The number of carbonyl (C=O) groups is 1. The van der Waals surface area contributed by atoms with Gasteiger partial charge < -0.3 is 14.8 Å². The van der Waals surface area contributed by atoms with Gasteiger partial charge in [-0.1, -0.05) is 54.6 Å². The number of nitrogens with one attached hydrogen (secondary N) is 1. The molecular formula is C30H30N2O5S. The fourth-order valence-corrected chi connectivity index (χ4v) is 5.54. The first-order valence-corrected chi connectivity index (χ1v) is 13.6. The Kier molecular flexibility index (Phi) is 8.78.